The molecule has 2 saturated heterocycles. The second kappa shape index (κ2) is 12.2. The molecule has 2 aliphatic rings. The monoisotopic (exact) mass is 493 g/mol. The number of nitrogens with one attached hydrogen (secondary N) is 1. The Morgan fingerprint density at radius 2 is 1.82 bits per heavy atom. The summed E-state index contributed by atoms with van der Waals surface area (Å²) in [5, 5.41) is 8.27. The standard InChI is InChI=1S/C24H33Cl2N5O2/c25-19-6-7-20(21(26)16-19)23-28-22(33-29-23)17-31-14-8-18(9-15-31)24(32)27-10-5-13-30-11-3-1-2-4-12-30/h6-7,16,18H,1-5,8-15,17H2,(H,27,32). The molecule has 2 fully saturated rings. The fraction of sp³-hybridized carbons (Fsp3) is 0.625. The van der Waals surface area contributed by atoms with Gasteiger partial charge in [-0.15, -0.1) is 0 Å². The number of benzene rings is 1. The number of rotatable bonds is 8. The summed E-state index contributed by atoms with van der Waals surface area (Å²) in [6.07, 6.45) is 8.06. The van der Waals surface area contributed by atoms with Crippen LogP contribution in [0.1, 0.15) is 50.8 Å². The van der Waals surface area contributed by atoms with Crippen LogP contribution in [0.3, 0.4) is 0 Å². The van der Waals surface area contributed by atoms with E-state index in [0.29, 0.717) is 33.9 Å². The van der Waals surface area contributed by atoms with Gasteiger partial charge in [-0.2, -0.15) is 4.98 Å². The summed E-state index contributed by atoms with van der Waals surface area (Å²) >= 11 is 12.2. The number of hydrogen-bond acceptors (Lipinski definition) is 6. The third kappa shape index (κ3) is 7.15. The smallest absolute Gasteiger partial charge is 0.241 e. The summed E-state index contributed by atoms with van der Waals surface area (Å²) in [6.45, 7) is 6.53. The van der Waals surface area contributed by atoms with Gasteiger partial charge in [-0.05, 0) is 83.0 Å². The number of aromatic nitrogens is 2. The average molecular weight is 494 g/mol. The molecule has 0 aliphatic carbocycles. The number of halogens is 2. The van der Waals surface area contributed by atoms with E-state index in [1.54, 1.807) is 18.2 Å². The van der Waals surface area contributed by atoms with Gasteiger partial charge in [-0.1, -0.05) is 41.2 Å². The van der Waals surface area contributed by atoms with Crippen molar-refractivity contribution in [2.45, 2.75) is 51.5 Å². The van der Waals surface area contributed by atoms with Gasteiger partial charge < -0.3 is 14.7 Å². The Hall–Kier alpha value is -1.67. The SMILES string of the molecule is O=C(NCCCN1CCCCCC1)C1CCN(Cc2nc(-c3ccc(Cl)cc3Cl)no2)CC1. The molecule has 4 rings (SSSR count). The first-order valence-corrected chi connectivity index (χ1v) is 12.8. The zero-order chi connectivity index (χ0) is 23.0. The Morgan fingerprint density at radius 1 is 1.06 bits per heavy atom. The first kappa shape index (κ1) is 24.5. The topological polar surface area (TPSA) is 74.5 Å². The van der Waals surface area contributed by atoms with Crippen molar-refractivity contribution in [2.75, 3.05) is 39.3 Å². The predicted octanol–water partition coefficient (Wildman–Crippen LogP) is 4.64. The largest absolute Gasteiger partial charge is 0.356 e. The van der Waals surface area contributed by atoms with Gasteiger partial charge in [0.05, 0.1) is 11.6 Å². The highest BCUT2D eigenvalue weighted by Crippen LogP contribution is 2.28. The van der Waals surface area contributed by atoms with Crippen LogP contribution in [0.15, 0.2) is 22.7 Å². The van der Waals surface area contributed by atoms with Crippen LogP contribution in [0.5, 0.6) is 0 Å². The number of hydrogen-bond donors (Lipinski definition) is 1. The van der Waals surface area contributed by atoms with Crippen molar-refractivity contribution in [3.05, 3.63) is 34.1 Å². The lowest BCUT2D eigenvalue weighted by molar-refractivity contribution is -0.126. The van der Waals surface area contributed by atoms with Gasteiger partial charge in [0.25, 0.3) is 0 Å². The van der Waals surface area contributed by atoms with Gasteiger partial charge in [0.15, 0.2) is 0 Å². The van der Waals surface area contributed by atoms with Crippen LogP contribution in [0.2, 0.25) is 10.0 Å². The Labute approximate surface area is 205 Å². The lowest BCUT2D eigenvalue weighted by Crippen LogP contribution is -2.41. The molecule has 33 heavy (non-hydrogen) atoms. The molecular weight excluding hydrogens is 461 g/mol. The first-order chi connectivity index (χ1) is 16.1. The number of carbonyl (C=O) groups is 1. The lowest BCUT2D eigenvalue weighted by atomic mass is 9.96. The van der Waals surface area contributed by atoms with E-state index in [1.807, 2.05) is 0 Å². The van der Waals surface area contributed by atoms with Gasteiger partial charge in [-0.25, -0.2) is 0 Å². The summed E-state index contributed by atoms with van der Waals surface area (Å²) in [5.74, 6) is 1.29. The van der Waals surface area contributed by atoms with Gasteiger partial charge >= 0.3 is 0 Å². The van der Waals surface area contributed by atoms with Crippen molar-refractivity contribution in [1.29, 1.82) is 0 Å². The molecule has 2 aliphatic heterocycles. The molecular formula is C24H33Cl2N5O2. The molecule has 9 heteroatoms. The molecule has 1 aromatic heterocycles. The van der Waals surface area contributed by atoms with E-state index in [1.165, 1.54) is 38.8 Å². The second-order valence-corrected chi connectivity index (χ2v) is 9.93. The van der Waals surface area contributed by atoms with Gasteiger partial charge in [0.2, 0.25) is 17.6 Å². The molecule has 180 valence electrons. The van der Waals surface area contributed by atoms with Crippen molar-refractivity contribution >= 4 is 29.1 Å². The molecule has 1 amide bonds. The van der Waals surface area contributed by atoms with Crippen LogP contribution in [0, 0.1) is 5.92 Å². The first-order valence-electron chi connectivity index (χ1n) is 12.1. The molecule has 3 heterocycles. The Morgan fingerprint density at radius 3 is 2.55 bits per heavy atom. The highest BCUT2D eigenvalue weighted by Gasteiger charge is 2.26. The molecule has 0 radical (unpaired) electrons. The van der Waals surface area contributed by atoms with Crippen LogP contribution in [0.25, 0.3) is 11.4 Å². The normalized spacial score (nSPS) is 18.8. The van der Waals surface area contributed by atoms with Crippen LogP contribution < -0.4 is 5.32 Å². The Kier molecular flexibility index (Phi) is 9.01. The van der Waals surface area contributed by atoms with Crippen molar-refractivity contribution in [3.8, 4) is 11.4 Å². The van der Waals surface area contributed by atoms with Gasteiger partial charge in [0, 0.05) is 23.0 Å². The lowest BCUT2D eigenvalue weighted by Gasteiger charge is -2.30. The molecule has 0 bridgehead atoms. The minimum Gasteiger partial charge on any atom is -0.356 e. The van der Waals surface area contributed by atoms with E-state index in [2.05, 4.69) is 25.3 Å². The maximum Gasteiger partial charge on any atom is 0.241 e. The van der Waals surface area contributed by atoms with Crippen LogP contribution in [-0.4, -0.2) is 65.1 Å². The summed E-state index contributed by atoms with van der Waals surface area (Å²) in [5.41, 5.74) is 0.697. The minimum atomic E-state index is 0.0885. The number of carbonyl (C=O) groups excluding carboxylic acids is 1. The Bertz CT molecular complexity index is 906. The second-order valence-electron chi connectivity index (χ2n) is 9.09. The van der Waals surface area contributed by atoms with E-state index < -0.39 is 0 Å². The summed E-state index contributed by atoms with van der Waals surface area (Å²) in [7, 11) is 0. The number of likely N-dealkylation sites (tertiary alicyclic amines) is 2. The molecule has 0 unspecified atom stereocenters. The highest BCUT2D eigenvalue weighted by atomic mass is 35.5. The fourth-order valence-corrected chi connectivity index (χ4v) is 5.16. The Balaban J connectivity index is 1.16. The molecule has 1 aromatic carbocycles. The molecule has 2 aromatic rings. The van der Waals surface area contributed by atoms with Crippen LogP contribution in [0.4, 0.5) is 0 Å². The average Bonchev–Trinajstić information content (AvgIpc) is 3.10. The number of nitrogens with zero attached hydrogens (tertiary/aromatic N) is 4. The van der Waals surface area contributed by atoms with E-state index in [4.69, 9.17) is 27.7 Å². The quantitative estimate of drug-likeness (QED) is 0.539. The maximum atomic E-state index is 12.6. The van der Waals surface area contributed by atoms with E-state index in [9.17, 15) is 4.79 Å². The molecule has 0 atom stereocenters. The van der Waals surface area contributed by atoms with Gasteiger partial charge in [-0.3, -0.25) is 9.69 Å². The number of piperidine rings is 1. The van der Waals surface area contributed by atoms with Crippen molar-refractivity contribution in [1.82, 2.24) is 25.3 Å². The van der Waals surface area contributed by atoms with E-state index in [-0.39, 0.29) is 11.8 Å². The van der Waals surface area contributed by atoms with E-state index in [0.717, 1.165) is 45.4 Å². The van der Waals surface area contributed by atoms with Gasteiger partial charge in [0.1, 0.15) is 0 Å². The molecule has 7 nitrogen and oxygen atoms in total. The molecule has 1 N–H and O–H groups in total. The third-order valence-corrected chi connectivity index (χ3v) is 7.15. The molecule has 0 spiro atoms. The van der Waals surface area contributed by atoms with Crippen LogP contribution in [-0.2, 0) is 11.3 Å². The van der Waals surface area contributed by atoms with Crippen LogP contribution >= 0.6 is 23.2 Å². The van der Waals surface area contributed by atoms with Crippen molar-refractivity contribution in [2.24, 2.45) is 5.92 Å². The highest BCUT2D eigenvalue weighted by molar-refractivity contribution is 6.36. The summed E-state index contributed by atoms with van der Waals surface area (Å²) in [6, 6.07) is 5.21. The third-order valence-electron chi connectivity index (χ3n) is 6.61. The van der Waals surface area contributed by atoms with Crippen molar-refractivity contribution in [3.63, 3.8) is 0 Å². The predicted molar refractivity (Wildman–Crippen MR) is 130 cm³/mol. The summed E-state index contributed by atoms with van der Waals surface area (Å²) in [4.78, 5) is 21.9. The summed E-state index contributed by atoms with van der Waals surface area (Å²) < 4.78 is 5.43. The maximum absolute atomic E-state index is 12.6. The van der Waals surface area contributed by atoms with Crippen molar-refractivity contribution < 1.29 is 9.32 Å². The zero-order valence-electron chi connectivity index (χ0n) is 19.1. The molecule has 0 saturated carbocycles. The number of amides is 1. The fourth-order valence-electron chi connectivity index (χ4n) is 4.66. The van der Waals surface area contributed by atoms with E-state index >= 15 is 0 Å². The minimum absolute atomic E-state index is 0.0885. The zero-order valence-corrected chi connectivity index (χ0v) is 20.6.